The molecule has 30 heavy (non-hydrogen) atoms. The Labute approximate surface area is 168 Å². The predicted molar refractivity (Wildman–Crippen MR) is 99.7 cm³/mol. The van der Waals surface area contributed by atoms with Gasteiger partial charge in [-0.25, -0.2) is 0 Å². The van der Waals surface area contributed by atoms with E-state index in [1.54, 1.807) is 11.0 Å². The fourth-order valence-corrected chi connectivity index (χ4v) is 3.44. The molecule has 10 heteroatoms. The van der Waals surface area contributed by atoms with Gasteiger partial charge in [0.15, 0.2) is 0 Å². The lowest BCUT2D eigenvalue weighted by atomic mass is 9.97. The highest BCUT2D eigenvalue weighted by atomic mass is 19.4. The van der Waals surface area contributed by atoms with Crippen LogP contribution in [0.15, 0.2) is 51.8 Å². The first-order chi connectivity index (χ1) is 14.3. The van der Waals surface area contributed by atoms with Crippen molar-refractivity contribution in [2.75, 3.05) is 13.1 Å². The van der Waals surface area contributed by atoms with Crippen molar-refractivity contribution in [1.29, 1.82) is 0 Å². The van der Waals surface area contributed by atoms with E-state index in [0.717, 1.165) is 12.1 Å². The molecule has 0 saturated carbocycles. The molecule has 1 amide bonds. The largest absolute Gasteiger partial charge is 0.420 e. The first kappa shape index (κ1) is 19.9. The topological polar surface area (TPSA) is 92.1 Å². The van der Waals surface area contributed by atoms with Crippen molar-refractivity contribution >= 4 is 5.91 Å². The van der Waals surface area contributed by atoms with E-state index < -0.39 is 17.3 Å². The molecular weight excluding hydrogens is 401 g/mol. The van der Waals surface area contributed by atoms with Gasteiger partial charge in [-0.3, -0.25) is 9.59 Å². The monoisotopic (exact) mass is 418 g/mol. The van der Waals surface area contributed by atoms with Crippen LogP contribution in [-0.4, -0.2) is 39.1 Å². The van der Waals surface area contributed by atoms with Crippen LogP contribution in [0, 0.1) is 0 Å². The van der Waals surface area contributed by atoms with E-state index in [1.165, 1.54) is 24.4 Å². The second-order valence-corrected chi connectivity index (χ2v) is 7.02. The summed E-state index contributed by atoms with van der Waals surface area (Å²) in [6.07, 6.45) is -1.56. The van der Waals surface area contributed by atoms with Crippen LogP contribution >= 0.6 is 0 Å². The van der Waals surface area contributed by atoms with Crippen LogP contribution in [-0.2, 0) is 6.18 Å². The maximum absolute atomic E-state index is 12.7. The SMILES string of the molecule is O=C(c1ccc[nH]c1=O)N1CCCC(c2nnc(-c3ccc(C(F)(F)F)cc3)o2)C1. The van der Waals surface area contributed by atoms with Crippen LogP contribution in [0.4, 0.5) is 13.2 Å². The molecule has 4 rings (SSSR count). The summed E-state index contributed by atoms with van der Waals surface area (Å²) in [5, 5.41) is 7.97. The summed E-state index contributed by atoms with van der Waals surface area (Å²) in [6, 6.07) is 7.52. The molecule has 3 aromatic rings. The minimum atomic E-state index is -4.42. The van der Waals surface area contributed by atoms with Gasteiger partial charge in [-0.15, -0.1) is 10.2 Å². The van der Waals surface area contributed by atoms with E-state index in [9.17, 15) is 22.8 Å². The van der Waals surface area contributed by atoms with Gasteiger partial charge in [-0.05, 0) is 49.2 Å². The number of pyridine rings is 1. The second kappa shape index (κ2) is 7.77. The quantitative estimate of drug-likeness (QED) is 0.703. The molecule has 0 radical (unpaired) electrons. The van der Waals surface area contributed by atoms with E-state index in [1.807, 2.05) is 0 Å². The smallest absolute Gasteiger partial charge is 0.416 e. The van der Waals surface area contributed by atoms with Crippen molar-refractivity contribution in [2.45, 2.75) is 24.9 Å². The number of carbonyl (C=O) groups excluding carboxylic acids is 1. The number of likely N-dealkylation sites (tertiary alicyclic amines) is 1. The molecule has 1 unspecified atom stereocenters. The number of aromatic amines is 1. The third kappa shape index (κ3) is 3.98. The second-order valence-electron chi connectivity index (χ2n) is 7.02. The normalized spacial score (nSPS) is 17.2. The molecule has 1 N–H and O–H groups in total. The molecule has 1 aliphatic rings. The molecule has 3 heterocycles. The Morgan fingerprint density at radius 2 is 1.93 bits per heavy atom. The molecule has 156 valence electrons. The lowest BCUT2D eigenvalue weighted by Crippen LogP contribution is -2.41. The predicted octanol–water partition coefficient (Wildman–Crippen LogP) is 3.46. The third-order valence-corrected chi connectivity index (χ3v) is 5.01. The van der Waals surface area contributed by atoms with Gasteiger partial charge in [-0.1, -0.05) is 0 Å². The minimum Gasteiger partial charge on any atom is -0.420 e. The summed E-state index contributed by atoms with van der Waals surface area (Å²) in [6.45, 7) is 0.811. The number of nitrogens with one attached hydrogen (secondary N) is 1. The van der Waals surface area contributed by atoms with E-state index in [-0.39, 0.29) is 23.3 Å². The van der Waals surface area contributed by atoms with Crippen LogP contribution in [0.5, 0.6) is 0 Å². The Morgan fingerprint density at radius 3 is 2.63 bits per heavy atom. The number of nitrogens with zero attached hydrogens (tertiary/aromatic N) is 3. The van der Waals surface area contributed by atoms with E-state index in [2.05, 4.69) is 15.2 Å². The average molecular weight is 418 g/mol. The Morgan fingerprint density at radius 1 is 1.17 bits per heavy atom. The summed E-state index contributed by atoms with van der Waals surface area (Å²) >= 11 is 0. The van der Waals surface area contributed by atoms with Gasteiger partial charge in [0.05, 0.1) is 11.5 Å². The molecule has 1 aromatic carbocycles. The number of H-pyrrole nitrogens is 1. The number of hydrogen-bond acceptors (Lipinski definition) is 5. The molecule has 1 saturated heterocycles. The van der Waals surface area contributed by atoms with E-state index in [4.69, 9.17) is 4.42 Å². The Bertz CT molecular complexity index is 1110. The summed E-state index contributed by atoms with van der Waals surface area (Å²) in [5.41, 5.74) is -0.772. The van der Waals surface area contributed by atoms with E-state index >= 15 is 0 Å². The molecule has 2 aromatic heterocycles. The number of carbonyl (C=O) groups is 1. The Hall–Kier alpha value is -3.43. The van der Waals surface area contributed by atoms with E-state index in [0.29, 0.717) is 37.4 Å². The van der Waals surface area contributed by atoms with Crippen molar-refractivity contribution in [3.63, 3.8) is 0 Å². The molecule has 1 aliphatic heterocycles. The summed E-state index contributed by atoms with van der Waals surface area (Å²) in [5.74, 6) is -0.170. The van der Waals surface area contributed by atoms with Gasteiger partial charge >= 0.3 is 6.18 Å². The van der Waals surface area contributed by atoms with Gasteiger partial charge in [-0.2, -0.15) is 13.2 Å². The maximum Gasteiger partial charge on any atom is 0.416 e. The highest BCUT2D eigenvalue weighted by Crippen LogP contribution is 2.32. The fourth-order valence-electron chi connectivity index (χ4n) is 3.44. The maximum atomic E-state index is 12.7. The number of alkyl halides is 3. The van der Waals surface area contributed by atoms with Crippen LogP contribution in [0.25, 0.3) is 11.5 Å². The lowest BCUT2D eigenvalue weighted by Gasteiger charge is -2.30. The van der Waals surface area contributed by atoms with Gasteiger partial charge in [0, 0.05) is 24.8 Å². The summed E-state index contributed by atoms with van der Waals surface area (Å²) < 4.78 is 43.8. The Kier molecular flexibility index (Phi) is 5.15. The zero-order valence-electron chi connectivity index (χ0n) is 15.6. The lowest BCUT2D eigenvalue weighted by molar-refractivity contribution is -0.137. The number of amides is 1. The van der Waals surface area contributed by atoms with Gasteiger partial charge < -0.3 is 14.3 Å². The minimum absolute atomic E-state index is 0.0640. The summed E-state index contributed by atoms with van der Waals surface area (Å²) in [4.78, 5) is 28.6. The van der Waals surface area contributed by atoms with Crippen LogP contribution in [0.2, 0.25) is 0 Å². The third-order valence-electron chi connectivity index (χ3n) is 5.01. The molecule has 1 atom stereocenters. The van der Waals surface area contributed by atoms with Crippen molar-refractivity contribution < 1.29 is 22.4 Å². The highest BCUT2D eigenvalue weighted by molar-refractivity contribution is 5.93. The molecule has 1 fully saturated rings. The Balaban J connectivity index is 1.50. The fraction of sp³-hybridized carbons (Fsp3) is 0.300. The number of halogens is 3. The first-order valence-corrected chi connectivity index (χ1v) is 9.31. The standard InChI is InChI=1S/C20H17F3N4O3/c21-20(22,23)14-7-5-12(6-8-14)17-25-26-18(30-17)13-3-2-10-27(11-13)19(29)15-4-1-9-24-16(15)28/h1,4-9,13H,2-3,10-11H2,(H,24,28). The van der Waals surface area contributed by atoms with Crippen molar-refractivity contribution in [1.82, 2.24) is 20.1 Å². The van der Waals surface area contributed by atoms with Crippen molar-refractivity contribution in [2.24, 2.45) is 0 Å². The molecule has 7 nitrogen and oxygen atoms in total. The van der Waals surface area contributed by atoms with Crippen molar-refractivity contribution in [3.8, 4) is 11.5 Å². The van der Waals surface area contributed by atoms with Crippen LogP contribution < -0.4 is 5.56 Å². The first-order valence-electron chi connectivity index (χ1n) is 9.31. The number of rotatable bonds is 3. The van der Waals surface area contributed by atoms with Gasteiger partial charge in [0.25, 0.3) is 11.5 Å². The number of benzene rings is 1. The summed E-state index contributed by atoms with van der Waals surface area (Å²) in [7, 11) is 0. The van der Waals surface area contributed by atoms with Gasteiger partial charge in [0.1, 0.15) is 5.56 Å². The molecule has 0 spiro atoms. The van der Waals surface area contributed by atoms with Crippen LogP contribution in [0.1, 0.15) is 40.6 Å². The zero-order valence-corrected chi connectivity index (χ0v) is 15.6. The van der Waals surface area contributed by atoms with Crippen molar-refractivity contribution in [3.05, 3.63) is 70.0 Å². The van der Waals surface area contributed by atoms with Crippen LogP contribution in [0.3, 0.4) is 0 Å². The number of hydrogen-bond donors (Lipinski definition) is 1. The average Bonchev–Trinajstić information content (AvgIpc) is 3.24. The molecule has 0 aliphatic carbocycles. The molecular formula is C20H17F3N4O3. The highest BCUT2D eigenvalue weighted by Gasteiger charge is 2.31. The number of aromatic nitrogens is 3. The van der Waals surface area contributed by atoms with Gasteiger partial charge in [0.2, 0.25) is 11.8 Å². The zero-order chi connectivity index (χ0) is 21.3. The number of piperidine rings is 1. The molecule has 0 bridgehead atoms.